The Bertz CT molecular complexity index is 1050. The summed E-state index contributed by atoms with van der Waals surface area (Å²) in [6, 6.07) is 27.9. The molecular weight excluding hydrogens is 416 g/mol. The molecular formula is C28H31ClN2O. The molecule has 1 aliphatic heterocycles. The van der Waals surface area contributed by atoms with Crippen LogP contribution in [0.1, 0.15) is 53.9 Å². The fraction of sp³-hybridized carbons (Fsp3) is 0.321. The van der Waals surface area contributed by atoms with Gasteiger partial charge in [-0.05, 0) is 43.5 Å². The van der Waals surface area contributed by atoms with Crippen molar-refractivity contribution < 1.29 is 4.79 Å². The van der Waals surface area contributed by atoms with Gasteiger partial charge in [-0.15, -0.1) is 0 Å². The first-order valence-electron chi connectivity index (χ1n) is 11.3. The summed E-state index contributed by atoms with van der Waals surface area (Å²) in [6.45, 7) is 9.02. The molecule has 3 nitrogen and oxygen atoms in total. The van der Waals surface area contributed by atoms with E-state index in [1.54, 1.807) is 6.92 Å². The van der Waals surface area contributed by atoms with E-state index in [1.165, 1.54) is 16.7 Å². The molecule has 1 fully saturated rings. The Kier molecular flexibility index (Phi) is 7.10. The molecule has 3 atom stereocenters. The standard InChI is InChI=1S/C28H31ClN2O/c1-20-18-31(21(2)17-30(20)19-26-11-7-8-12-27(26)29)28(24-9-5-4-6-10-24)25-15-13-23(14-16-25)22(3)32/h4-16,20-21,28H,17-19H2,1-3H3/t20-,21+,28?/m1/s1. The van der Waals surface area contributed by atoms with E-state index in [9.17, 15) is 4.79 Å². The number of hydrogen-bond donors (Lipinski definition) is 0. The van der Waals surface area contributed by atoms with Gasteiger partial charge in [-0.3, -0.25) is 14.6 Å². The zero-order valence-electron chi connectivity index (χ0n) is 19.0. The Balaban J connectivity index is 1.61. The highest BCUT2D eigenvalue weighted by molar-refractivity contribution is 6.31. The SMILES string of the molecule is CC(=O)c1ccc(C(c2ccccc2)N2C[C@@H](C)N(Cc3ccccc3Cl)C[C@@H]2C)cc1. The molecule has 4 heteroatoms. The molecule has 0 radical (unpaired) electrons. The third kappa shape index (κ3) is 4.96. The number of piperazine rings is 1. The van der Waals surface area contributed by atoms with Crippen LogP contribution in [0.3, 0.4) is 0 Å². The molecule has 0 N–H and O–H groups in total. The zero-order valence-corrected chi connectivity index (χ0v) is 19.8. The summed E-state index contributed by atoms with van der Waals surface area (Å²) in [4.78, 5) is 16.9. The lowest BCUT2D eigenvalue weighted by Gasteiger charge is -2.47. The number of ketones is 1. The van der Waals surface area contributed by atoms with E-state index in [1.807, 2.05) is 24.3 Å². The lowest BCUT2D eigenvalue weighted by Crippen LogP contribution is -2.56. The predicted molar refractivity (Wildman–Crippen MR) is 132 cm³/mol. The third-order valence-electron chi connectivity index (χ3n) is 6.57. The molecule has 0 spiro atoms. The highest BCUT2D eigenvalue weighted by Crippen LogP contribution is 2.34. The normalized spacial score (nSPS) is 20.8. The van der Waals surface area contributed by atoms with E-state index < -0.39 is 0 Å². The van der Waals surface area contributed by atoms with Gasteiger partial charge >= 0.3 is 0 Å². The summed E-state index contributed by atoms with van der Waals surface area (Å²) < 4.78 is 0. The fourth-order valence-corrected chi connectivity index (χ4v) is 4.96. The van der Waals surface area contributed by atoms with Crippen molar-refractivity contribution in [3.63, 3.8) is 0 Å². The van der Waals surface area contributed by atoms with Crippen molar-refractivity contribution >= 4 is 17.4 Å². The molecule has 1 aliphatic rings. The quantitative estimate of drug-likeness (QED) is 0.419. The van der Waals surface area contributed by atoms with Crippen LogP contribution < -0.4 is 0 Å². The molecule has 0 amide bonds. The van der Waals surface area contributed by atoms with E-state index in [4.69, 9.17) is 11.6 Å². The van der Waals surface area contributed by atoms with Crippen molar-refractivity contribution in [2.75, 3.05) is 13.1 Å². The van der Waals surface area contributed by atoms with Crippen molar-refractivity contribution in [2.45, 2.75) is 45.4 Å². The Morgan fingerprint density at radius 1 is 0.875 bits per heavy atom. The molecule has 1 heterocycles. The molecule has 4 rings (SSSR count). The first-order chi connectivity index (χ1) is 15.4. The van der Waals surface area contributed by atoms with E-state index >= 15 is 0 Å². The monoisotopic (exact) mass is 446 g/mol. The summed E-state index contributed by atoms with van der Waals surface area (Å²) >= 11 is 6.44. The highest BCUT2D eigenvalue weighted by atomic mass is 35.5. The topological polar surface area (TPSA) is 23.6 Å². The maximum Gasteiger partial charge on any atom is 0.159 e. The minimum absolute atomic E-state index is 0.1000. The second-order valence-corrected chi connectivity index (χ2v) is 9.31. The largest absolute Gasteiger partial charge is 0.295 e. The van der Waals surface area contributed by atoms with Gasteiger partial charge in [-0.1, -0.05) is 84.4 Å². The lowest BCUT2D eigenvalue weighted by atomic mass is 9.92. The average molecular weight is 447 g/mol. The van der Waals surface area contributed by atoms with Crippen LogP contribution >= 0.6 is 11.6 Å². The third-order valence-corrected chi connectivity index (χ3v) is 6.94. The van der Waals surface area contributed by atoms with Gasteiger partial charge in [0, 0.05) is 42.3 Å². The van der Waals surface area contributed by atoms with Crippen molar-refractivity contribution in [2.24, 2.45) is 0 Å². The van der Waals surface area contributed by atoms with E-state index in [0.29, 0.717) is 12.1 Å². The smallest absolute Gasteiger partial charge is 0.159 e. The van der Waals surface area contributed by atoms with Crippen LogP contribution in [0.2, 0.25) is 5.02 Å². The van der Waals surface area contributed by atoms with Crippen molar-refractivity contribution in [1.29, 1.82) is 0 Å². The molecule has 0 bridgehead atoms. The Labute approximate surface area is 196 Å². The van der Waals surface area contributed by atoms with Gasteiger partial charge < -0.3 is 0 Å². The van der Waals surface area contributed by atoms with Gasteiger partial charge in [-0.25, -0.2) is 0 Å². The molecule has 3 aromatic carbocycles. The highest BCUT2D eigenvalue weighted by Gasteiger charge is 2.34. The average Bonchev–Trinajstić information content (AvgIpc) is 2.79. The maximum absolute atomic E-state index is 11.8. The Hall–Kier alpha value is -2.46. The zero-order chi connectivity index (χ0) is 22.7. The van der Waals surface area contributed by atoms with Crippen LogP contribution in [0.25, 0.3) is 0 Å². The minimum Gasteiger partial charge on any atom is -0.295 e. The van der Waals surface area contributed by atoms with Crippen LogP contribution in [-0.2, 0) is 6.54 Å². The maximum atomic E-state index is 11.8. The van der Waals surface area contributed by atoms with Crippen LogP contribution in [0.4, 0.5) is 0 Å². The number of benzene rings is 3. The summed E-state index contributed by atoms with van der Waals surface area (Å²) in [5.74, 6) is 0.1000. The number of carbonyl (C=O) groups excluding carboxylic acids is 1. The lowest BCUT2D eigenvalue weighted by molar-refractivity contribution is 0.0195. The summed E-state index contributed by atoms with van der Waals surface area (Å²) in [5.41, 5.74) is 4.44. The molecule has 32 heavy (non-hydrogen) atoms. The van der Waals surface area contributed by atoms with Gasteiger partial charge in [0.2, 0.25) is 0 Å². The van der Waals surface area contributed by atoms with Crippen molar-refractivity contribution in [3.8, 4) is 0 Å². The fourth-order valence-electron chi connectivity index (χ4n) is 4.76. The Morgan fingerprint density at radius 2 is 1.50 bits per heavy atom. The summed E-state index contributed by atoms with van der Waals surface area (Å²) in [5, 5.41) is 0.836. The summed E-state index contributed by atoms with van der Waals surface area (Å²) in [7, 11) is 0. The number of hydrogen-bond acceptors (Lipinski definition) is 3. The molecule has 0 aromatic heterocycles. The first kappa shape index (κ1) is 22.7. The molecule has 0 saturated carbocycles. The van der Waals surface area contributed by atoms with E-state index in [2.05, 4.69) is 78.2 Å². The number of carbonyl (C=O) groups is 1. The van der Waals surface area contributed by atoms with Crippen LogP contribution in [0, 0.1) is 0 Å². The van der Waals surface area contributed by atoms with Gasteiger partial charge in [-0.2, -0.15) is 0 Å². The van der Waals surface area contributed by atoms with E-state index in [-0.39, 0.29) is 11.8 Å². The number of Topliss-reactive ketones (excluding diaryl/α,β-unsaturated/α-hetero) is 1. The minimum atomic E-state index is 0.1000. The molecule has 1 unspecified atom stereocenters. The van der Waals surface area contributed by atoms with Gasteiger partial charge in [0.1, 0.15) is 0 Å². The van der Waals surface area contributed by atoms with Crippen LogP contribution in [-0.4, -0.2) is 40.8 Å². The molecule has 3 aromatic rings. The van der Waals surface area contributed by atoms with Crippen LogP contribution in [0.5, 0.6) is 0 Å². The van der Waals surface area contributed by atoms with Crippen molar-refractivity contribution in [3.05, 3.63) is 106 Å². The summed E-state index contributed by atoms with van der Waals surface area (Å²) in [6.07, 6.45) is 0. The van der Waals surface area contributed by atoms with E-state index in [0.717, 1.165) is 30.2 Å². The first-order valence-corrected chi connectivity index (χ1v) is 11.7. The number of halogens is 1. The van der Waals surface area contributed by atoms with Gasteiger partial charge in [0.15, 0.2) is 5.78 Å². The van der Waals surface area contributed by atoms with Gasteiger partial charge in [0.05, 0.1) is 6.04 Å². The Morgan fingerprint density at radius 3 is 2.16 bits per heavy atom. The second kappa shape index (κ2) is 9.99. The molecule has 1 saturated heterocycles. The molecule has 166 valence electrons. The molecule has 0 aliphatic carbocycles. The van der Waals surface area contributed by atoms with Crippen molar-refractivity contribution in [1.82, 2.24) is 9.80 Å². The number of rotatable bonds is 6. The second-order valence-electron chi connectivity index (χ2n) is 8.91. The van der Waals surface area contributed by atoms with Crippen LogP contribution in [0.15, 0.2) is 78.9 Å². The predicted octanol–water partition coefficient (Wildman–Crippen LogP) is 6.23. The number of nitrogens with zero attached hydrogens (tertiary/aromatic N) is 2. The van der Waals surface area contributed by atoms with Gasteiger partial charge in [0.25, 0.3) is 0 Å².